The van der Waals surface area contributed by atoms with Crippen LogP contribution in [0.5, 0.6) is 0 Å². The summed E-state index contributed by atoms with van der Waals surface area (Å²) in [4.78, 5) is 18.7. The van der Waals surface area contributed by atoms with Gasteiger partial charge in [0.25, 0.3) is 0 Å². The zero-order valence-electron chi connectivity index (χ0n) is 12.3. The second kappa shape index (κ2) is 8.29. The summed E-state index contributed by atoms with van der Waals surface area (Å²) in [6.07, 6.45) is 5.73. The van der Waals surface area contributed by atoms with Crippen molar-refractivity contribution in [2.75, 3.05) is 17.2 Å². The third-order valence-corrected chi connectivity index (χ3v) is 2.97. The van der Waals surface area contributed by atoms with Crippen LogP contribution in [0.1, 0.15) is 46.5 Å². The molecular weight excluding hydrogens is 258 g/mol. The summed E-state index contributed by atoms with van der Waals surface area (Å²) < 4.78 is 0. The van der Waals surface area contributed by atoms with E-state index in [4.69, 9.17) is 0 Å². The number of unbranched alkanes of at least 4 members (excludes halogenated alkanes) is 2. The number of anilines is 2. The van der Waals surface area contributed by atoms with Crippen molar-refractivity contribution in [2.24, 2.45) is 0 Å². The van der Waals surface area contributed by atoms with Crippen LogP contribution in [0.15, 0.2) is 6.33 Å². The Hall–Kier alpha value is -1.92. The van der Waals surface area contributed by atoms with Crippen molar-refractivity contribution in [2.45, 2.75) is 52.5 Å². The monoisotopic (exact) mass is 281 g/mol. The topological polar surface area (TPSA) is 93.0 Å². The minimum atomic E-state index is -0.445. The van der Waals surface area contributed by atoms with E-state index in [1.54, 1.807) is 0 Å². The Morgan fingerprint density at radius 2 is 2.00 bits per heavy atom. The highest BCUT2D eigenvalue weighted by molar-refractivity contribution is 5.69. The van der Waals surface area contributed by atoms with Gasteiger partial charge >= 0.3 is 5.69 Å². The van der Waals surface area contributed by atoms with Crippen LogP contribution in [0.4, 0.5) is 17.3 Å². The zero-order chi connectivity index (χ0) is 15.0. The second-order valence-electron chi connectivity index (χ2n) is 4.75. The van der Waals surface area contributed by atoms with Gasteiger partial charge in [0.05, 0.1) is 4.92 Å². The Labute approximate surface area is 119 Å². The van der Waals surface area contributed by atoms with Crippen LogP contribution in [0.25, 0.3) is 0 Å². The molecule has 7 nitrogen and oxygen atoms in total. The number of nitro groups is 1. The molecule has 0 amide bonds. The molecule has 0 spiro atoms. The first kappa shape index (κ1) is 16.1. The van der Waals surface area contributed by atoms with E-state index in [-0.39, 0.29) is 23.4 Å². The van der Waals surface area contributed by atoms with Crippen LogP contribution >= 0.6 is 0 Å². The van der Waals surface area contributed by atoms with E-state index in [1.165, 1.54) is 12.7 Å². The lowest BCUT2D eigenvalue weighted by Gasteiger charge is -2.15. The van der Waals surface area contributed by atoms with E-state index in [0.29, 0.717) is 6.54 Å². The Kier molecular flexibility index (Phi) is 6.69. The van der Waals surface area contributed by atoms with Gasteiger partial charge in [-0.2, -0.15) is 0 Å². The highest BCUT2D eigenvalue weighted by Crippen LogP contribution is 2.29. The number of hydrogen-bond acceptors (Lipinski definition) is 6. The highest BCUT2D eigenvalue weighted by atomic mass is 16.6. The molecule has 0 saturated heterocycles. The fourth-order valence-electron chi connectivity index (χ4n) is 1.96. The molecule has 1 unspecified atom stereocenters. The molecule has 1 rings (SSSR count). The summed E-state index contributed by atoms with van der Waals surface area (Å²) in [5.74, 6) is 0.542. The van der Waals surface area contributed by atoms with Crippen LogP contribution in [0.3, 0.4) is 0 Å². The molecule has 7 heteroatoms. The van der Waals surface area contributed by atoms with Gasteiger partial charge in [0.15, 0.2) is 0 Å². The van der Waals surface area contributed by atoms with Crippen molar-refractivity contribution in [3.05, 3.63) is 16.4 Å². The fraction of sp³-hybridized carbons (Fsp3) is 0.692. The second-order valence-corrected chi connectivity index (χ2v) is 4.75. The molecule has 0 aliphatic heterocycles. The van der Waals surface area contributed by atoms with Gasteiger partial charge in [-0.3, -0.25) is 10.1 Å². The first-order valence-electron chi connectivity index (χ1n) is 7.09. The molecule has 0 saturated carbocycles. The average Bonchev–Trinajstić information content (AvgIpc) is 2.39. The van der Waals surface area contributed by atoms with E-state index in [2.05, 4.69) is 27.5 Å². The minimum Gasteiger partial charge on any atom is -0.364 e. The molecule has 0 aliphatic carbocycles. The number of hydrogen-bond donors (Lipinski definition) is 2. The van der Waals surface area contributed by atoms with E-state index < -0.39 is 4.92 Å². The molecule has 20 heavy (non-hydrogen) atoms. The Morgan fingerprint density at radius 3 is 2.60 bits per heavy atom. The fourth-order valence-corrected chi connectivity index (χ4v) is 1.96. The lowest BCUT2D eigenvalue weighted by atomic mass is 10.1. The predicted molar refractivity (Wildman–Crippen MR) is 80.1 cm³/mol. The van der Waals surface area contributed by atoms with Crippen molar-refractivity contribution >= 4 is 17.3 Å². The first-order valence-corrected chi connectivity index (χ1v) is 7.09. The van der Waals surface area contributed by atoms with Crippen molar-refractivity contribution in [3.63, 3.8) is 0 Å². The molecule has 1 atom stereocenters. The van der Waals surface area contributed by atoms with Crippen LogP contribution in [-0.4, -0.2) is 27.5 Å². The molecule has 1 aromatic rings. The van der Waals surface area contributed by atoms with E-state index in [0.717, 1.165) is 19.3 Å². The number of nitrogens with zero attached hydrogens (tertiary/aromatic N) is 3. The molecule has 0 radical (unpaired) electrons. The molecule has 0 aromatic carbocycles. The number of aromatic nitrogens is 2. The van der Waals surface area contributed by atoms with Crippen LogP contribution in [0.2, 0.25) is 0 Å². The van der Waals surface area contributed by atoms with Crippen molar-refractivity contribution < 1.29 is 4.92 Å². The van der Waals surface area contributed by atoms with E-state index in [1.807, 2.05) is 13.8 Å². The van der Waals surface area contributed by atoms with Crippen LogP contribution in [0, 0.1) is 10.1 Å². The molecule has 1 aromatic heterocycles. The summed E-state index contributed by atoms with van der Waals surface area (Å²) in [5.41, 5.74) is -0.0864. The largest absolute Gasteiger partial charge is 0.364 e. The van der Waals surface area contributed by atoms with E-state index in [9.17, 15) is 10.1 Å². The normalized spacial score (nSPS) is 11.9. The summed E-state index contributed by atoms with van der Waals surface area (Å²) in [6.45, 7) is 6.60. The highest BCUT2D eigenvalue weighted by Gasteiger charge is 2.23. The van der Waals surface area contributed by atoms with Crippen LogP contribution in [-0.2, 0) is 0 Å². The van der Waals surface area contributed by atoms with Gasteiger partial charge in [0, 0.05) is 12.6 Å². The van der Waals surface area contributed by atoms with Gasteiger partial charge in [-0.15, -0.1) is 0 Å². The summed E-state index contributed by atoms with van der Waals surface area (Å²) in [6, 6.07) is 0.143. The molecule has 0 fully saturated rings. The van der Waals surface area contributed by atoms with Gasteiger partial charge in [-0.25, -0.2) is 9.97 Å². The van der Waals surface area contributed by atoms with Crippen LogP contribution < -0.4 is 10.6 Å². The quantitative estimate of drug-likeness (QED) is 0.410. The molecular formula is C13H23N5O2. The third kappa shape index (κ3) is 4.64. The first-order chi connectivity index (χ1) is 9.60. The lowest BCUT2D eigenvalue weighted by Crippen LogP contribution is -2.18. The van der Waals surface area contributed by atoms with Crippen molar-refractivity contribution in [1.29, 1.82) is 0 Å². The van der Waals surface area contributed by atoms with E-state index >= 15 is 0 Å². The molecule has 0 aliphatic rings. The maximum Gasteiger partial charge on any atom is 0.353 e. The molecule has 0 bridgehead atoms. The Morgan fingerprint density at radius 1 is 1.30 bits per heavy atom. The summed E-state index contributed by atoms with van der Waals surface area (Å²) in [5, 5.41) is 17.2. The van der Waals surface area contributed by atoms with Gasteiger partial charge in [0.1, 0.15) is 6.33 Å². The lowest BCUT2D eigenvalue weighted by molar-refractivity contribution is -0.383. The predicted octanol–water partition coefficient (Wildman–Crippen LogP) is 3.20. The zero-order valence-corrected chi connectivity index (χ0v) is 12.3. The smallest absolute Gasteiger partial charge is 0.353 e. The minimum absolute atomic E-state index is 0.0864. The SMILES string of the molecule is CCCCCC(C)Nc1ncnc(NCC)c1[N+](=O)[O-]. The van der Waals surface area contributed by atoms with Gasteiger partial charge < -0.3 is 10.6 Å². The Balaban J connectivity index is 2.83. The standard InChI is InChI=1S/C13H23N5O2/c1-4-6-7-8-10(3)17-13-11(18(19)20)12(14-5-2)15-9-16-13/h9-10H,4-8H2,1-3H3,(H2,14,15,16,17). The Bertz CT molecular complexity index is 439. The third-order valence-electron chi connectivity index (χ3n) is 2.97. The average molecular weight is 281 g/mol. The van der Waals surface area contributed by atoms with Gasteiger partial charge in [0.2, 0.25) is 11.6 Å². The maximum absolute atomic E-state index is 11.2. The summed E-state index contributed by atoms with van der Waals surface area (Å²) >= 11 is 0. The molecule has 2 N–H and O–H groups in total. The van der Waals surface area contributed by atoms with Gasteiger partial charge in [-0.05, 0) is 20.3 Å². The molecule has 1 heterocycles. The number of rotatable bonds is 9. The van der Waals surface area contributed by atoms with Crippen molar-refractivity contribution in [1.82, 2.24) is 9.97 Å². The number of nitrogens with one attached hydrogen (secondary N) is 2. The van der Waals surface area contributed by atoms with Gasteiger partial charge in [-0.1, -0.05) is 26.2 Å². The summed E-state index contributed by atoms with van der Waals surface area (Å²) in [7, 11) is 0. The molecule has 112 valence electrons. The maximum atomic E-state index is 11.2. The van der Waals surface area contributed by atoms with Crippen molar-refractivity contribution in [3.8, 4) is 0 Å².